The van der Waals surface area contributed by atoms with Gasteiger partial charge in [-0.05, 0) is 25.8 Å². The summed E-state index contributed by atoms with van der Waals surface area (Å²) in [4.78, 5) is 0. The zero-order valence-electron chi connectivity index (χ0n) is 8.55. The molecule has 0 radical (unpaired) electrons. The summed E-state index contributed by atoms with van der Waals surface area (Å²) < 4.78 is 13.7. The van der Waals surface area contributed by atoms with Crippen molar-refractivity contribution in [2.75, 3.05) is 6.61 Å². The fraction of sp³-hybridized carbons (Fsp3) is 0.455. The van der Waals surface area contributed by atoms with E-state index in [1.54, 1.807) is 32.0 Å². The number of aliphatic hydroxyl groups excluding tert-OH is 1. The number of nitrogens with two attached hydrogens (primary N) is 1. The van der Waals surface area contributed by atoms with Crippen LogP contribution in [0.4, 0.5) is 4.39 Å². The van der Waals surface area contributed by atoms with Crippen LogP contribution in [-0.2, 0) is 5.54 Å². The van der Waals surface area contributed by atoms with Gasteiger partial charge in [-0.2, -0.15) is 0 Å². The zero-order valence-corrected chi connectivity index (χ0v) is 8.55. The number of aryl methyl sites for hydroxylation is 1. The molecule has 0 unspecified atom stereocenters. The highest BCUT2D eigenvalue weighted by Crippen LogP contribution is 2.25. The quantitative estimate of drug-likeness (QED) is 0.774. The Morgan fingerprint density at radius 2 is 2.14 bits per heavy atom. The molecule has 0 saturated heterocycles. The highest BCUT2D eigenvalue weighted by atomic mass is 19.1. The molecule has 78 valence electrons. The molecule has 0 heterocycles. The van der Waals surface area contributed by atoms with Gasteiger partial charge in [0.05, 0.1) is 0 Å². The standard InChI is InChI=1S/C11H16FNO/c1-8-4-3-5-9(10(8)12)11(2,13)6-7-14/h3-5,14H,6-7,13H2,1-2H3/t11-/m0/s1. The lowest BCUT2D eigenvalue weighted by molar-refractivity contribution is 0.244. The molecule has 0 amide bonds. The number of halogens is 1. The average Bonchev–Trinajstić information content (AvgIpc) is 2.09. The van der Waals surface area contributed by atoms with Crippen LogP contribution >= 0.6 is 0 Å². The van der Waals surface area contributed by atoms with Gasteiger partial charge < -0.3 is 10.8 Å². The summed E-state index contributed by atoms with van der Waals surface area (Å²) in [6.45, 7) is 3.38. The lowest BCUT2D eigenvalue weighted by Crippen LogP contribution is -2.35. The first kappa shape index (κ1) is 11.1. The third kappa shape index (κ3) is 2.11. The molecule has 1 atom stereocenters. The maximum atomic E-state index is 13.7. The SMILES string of the molecule is Cc1cccc([C@@](C)(N)CCO)c1F. The molecule has 1 aromatic rings. The second-order valence-electron chi connectivity index (χ2n) is 3.83. The van der Waals surface area contributed by atoms with Crippen LogP contribution in [0.25, 0.3) is 0 Å². The summed E-state index contributed by atoms with van der Waals surface area (Å²) in [5.74, 6) is -0.272. The maximum absolute atomic E-state index is 13.7. The summed E-state index contributed by atoms with van der Waals surface area (Å²) in [5, 5.41) is 8.82. The normalized spacial score (nSPS) is 15.2. The van der Waals surface area contributed by atoms with E-state index >= 15 is 0 Å². The molecule has 0 aliphatic rings. The van der Waals surface area contributed by atoms with Crippen LogP contribution in [-0.4, -0.2) is 11.7 Å². The first-order chi connectivity index (χ1) is 6.49. The largest absolute Gasteiger partial charge is 0.396 e. The molecule has 0 fully saturated rings. The molecule has 0 aromatic heterocycles. The van der Waals surface area contributed by atoms with Gasteiger partial charge in [0, 0.05) is 17.7 Å². The molecule has 0 spiro atoms. The Bertz CT molecular complexity index is 323. The van der Waals surface area contributed by atoms with Gasteiger partial charge >= 0.3 is 0 Å². The second kappa shape index (κ2) is 4.07. The second-order valence-corrected chi connectivity index (χ2v) is 3.83. The van der Waals surface area contributed by atoms with Gasteiger partial charge in [-0.1, -0.05) is 18.2 Å². The molecule has 1 aromatic carbocycles. The summed E-state index contributed by atoms with van der Waals surface area (Å²) in [6.07, 6.45) is 0.355. The minimum atomic E-state index is -0.801. The Kier molecular flexibility index (Phi) is 3.24. The highest BCUT2D eigenvalue weighted by molar-refractivity contribution is 5.30. The molecular formula is C11H16FNO. The lowest BCUT2D eigenvalue weighted by atomic mass is 9.88. The molecule has 2 nitrogen and oxygen atoms in total. The van der Waals surface area contributed by atoms with E-state index in [2.05, 4.69) is 0 Å². The van der Waals surface area contributed by atoms with Crippen LogP contribution in [0.5, 0.6) is 0 Å². The van der Waals surface area contributed by atoms with E-state index in [0.29, 0.717) is 17.5 Å². The van der Waals surface area contributed by atoms with Crippen molar-refractivity contribution < 1.29 is 9.50 Å². The van der Waals surface area contributed by atoms with Crippen molar-refractivity contribution in [2.24, 2.45) is 5.73 Å². The van der Waals surface area contributed by atoms with E-state index < -0.39 is 5.54 Å². The number of hydrogen-bond acceptors (Lipinski definition) is 2. The minimum Gasteiger partial charge on any atom is -0.396 e. The Balaban J connectivity index is 3.12. The summed E-state index contributed by atoms with van der Waals surface area (Å²) >= 11 is 0. The van der Waals surface area contributed by atoms with Crippen molar-refractivity contribution >= 4 is 0 Å². The Morgan fingerprint density at radius 3 is 2.71 bits per heavy atom. The van der Waals surface area contributed by atoms with E-state index in [-0.39, 0.29) is 12.4 Å². The smallest absolute Gasteiger partial charge is 0.131 e. The zero-order chi connectivity index (χ0) is 10.8. The highest BCUT2D eigenvalue weighted by Gasteiger charge is 2.24. The van der Waals surface area contributed by atoms with Crippen molar-refractivity contribution in [3.8, 4) is 0 Å². The van der Waals surface area contributed by atoms with Crippen LogP contribution in [0, 0.1) is 12.7 Å². The van der Waals surface area contributed by atoms with Gasteiger partial charge in [0.15, 0.2) is 0 Å². The van der Waals surface area contributed by atoms with Crippen molar-refractivity contribution in [2.45, 2.75) is 25.8 Å². The fourth-order valence-electron chi connectivity index (χ4n) is 1.46. The third-order valence-corrected chi connectivity index (χ3v) is 2.44. The molecular weight excluding hydrogens is 181 g/mol. The molecule has 3 heteroatoms. The number of hydrogen-bond donors (Lipinski definition) is 2. The van der Waals surface area contributed by atoms with E-state index in [4.69, 9.17) is 10.8 Å². The summed E-state index contributed by atoms with van der Waals surface area (Å²) in [6, 6.07) is 5.14. The van der Waals surface area contributed by atoms with E-state index in [0.717, 1.165) is 0 Å². The van der Waals surface area contributed by atoms with Crippen molar-refractivity contribution in [3.63, 3.8) is 0 Å². The molecule has 3 N–H and O–H groups in total. The summed E-state index contributed by atoms with van der Waals surface area (Å²) in [5.41, 5.74) is 6.16. The van der Waals surface area contributed by atoms with Gasteiger partial charge in [0.25, 0.3) is 0 Å². The predicted octanol–water partition coefficient (Wildman–Crippen LogP) is 1.69. The van der Waals surface area contributed by atoms with Gasteiger partial charge in [-0.3, -0.25) is 0 Å². The Labute approximate surface area is 83.6 Å². The lowest BCUT2D eigenvalue weighted by Gasteiger charge is -2.25. The van der Waals surface area contributed by atoms with Crippen LogP contribution < -0.4 is 5.73 Å². The maximum Gasteiger partial charge on any atom is 0.131 e. The van der Waals surface area contributed by atoms with E-state index in [1.807, 2.05) is 0 Å². The van der Waals surface area contributed by atoms with Gasteiger partial charge in [-0.25, -0.2) is 4.39 Å². The van der Waals surface area contributed by atoms with Crippen LogP contribution in [0.3, 0.4) is 0 Å². The van der Waals surface area contributed by atoms with Crippen LogP contribution in [0.1, 0.15) is 24.5 Å². The average molecular weight is 197 g/mol. The first-order valence-corrected chi connectivity index (χ1v) is 4.64. The number of rotatable bonds is 3. The number of benzene rings is 1. The monoisotopic (exact) mass is 197 g/mol. The minimum absolute atomic E-state index is 0.0413. The molecule has 0 aliphatic heterocycles. The van der Waals surface area contributed by atoms with E-state index in [9.17, 15) is 4.39 Å². The van der Waals surface area contributed by atoms with Crippen molar-refractivity contribution in [3.05, 3.63) is 35.1 Å². The number of aliphatic hydroxyl groups is 1. The van der Waals surface area contributed by atoms with Crippen molar-refractivity contribution in [1.82, 2.24) is 0 Å². The fourth-order valence-corrected chi connectivity index (χ4v) is 1.46. The molecule has 0 aliphatic carbocycles. The van der Waals surface area contributed by atoms with Gasteiger partial charge in [0.1, 0.15) is 5.82 Å². The third-order valence-electron chi connectivity index (χ3n) is 2.44. The van der Waals surface area contributed by atoms with Crippen LogP contribution in [0.2, 0.25) is 0 Å². The van der Waals surface area contributed by atoms with Crippen LogP contribution in [0.15, 0.2) is 18.2 Å². The Morgan fingerprint density at radius 1 is 1.50 bits per heavy atom. The molecule has 0 bridgehead atoms. The molecule has 1 rings (SSSR count). The Hall–Kier alpha value is -0.930. The van der Waals surface area contributed by atoms with Gasteiger partial charge in [0.2, 0.25) is 0 Å². The summed E-state index contributed by atoms with van der Waals surface area (Å²) in [7, 11) is 0. The predicted molar refractivity (Wildman–Crippen MR) is 54.4 cm³/mol. The first-order valence-electron chi connectivity index (χ1n) is 4.64. The molecule has 14 heavy (non-hydrogen) atoms. The van der Waals surface area contributed by atoms with Gasteiger partial charge in [-0.15, -0.1) is 0 Å². The molecule has 0 saturated carbocycles. The van der Waals surface area contributed by atoms with E-state index in [1.165, 1.54) is 0 Å². The van der Waals surface area contributed by atoms with Crippen molar-refractivity contribution in [1.29, 1.82) is 0 Å². The topological polar surface area (TPSA) is 46.2 Å².